The number of hydrogen-bond acceptors (Lipinski definition) is 6. The smallest absolute Gasteiger partial charge is 0.306 e. The molecule has 0 amide bonds. The molecule has 6 heteroatoms. The van der Waals surface area contributed by atoms with Gasteiger partial charge in [-0.1, -0.05) is 227 Å². The number of rotatable bonds is 43. The Balaban J connectivity index is 4.30. The van der Waals surface area contributed by atoms with Crippen molar-refractivity contribution < 1.29 is 28.6 Å². The van der Waals surface area contributed by atoms with Crippen LogP contribution in [0.5, 0.6) is 0 Å². The molecule has 0 aromatic heterocycles. The first-order valence-electron chi connectivity index (χ1n) is 24.2. The maximum Gasteiger partial charge on any atom is 0.306 e. The lowest BCUT2D eigenvalue weighted by molar-refractivity contribution is -0.167. The molecule has 0 aromatic rings. The van der Waals surface area contributed by atoms with Crippen molar-refractivity contribution in [2.24, 2.45) is 11.8 Å². The summed E-state index contributed by atoms with van der Waals surface area (Å²) in [6.45, 7) is 11.3. The third kappa shape index (κ3) is 43.4. The van der Waals surface area contributed by atoms with Gasteiger partial charge in [-0.25, -0.2) is 0 Å². The van der Waals surface area contributed by atoms with E-state index in [-0.39, 0.29) is 31.1 Å². The predicted octanol–water partition coefficient (Wildman–Crippen LogP) is 15.4. The summed E-state index contributed by atoms with van der Waals surface area (Å²) < 4.78 is 16.7. The molecule has 326 valence electrons. The van der Waals surface area contributed by atoms with Crippen LogP contribution in [-0.4, -0.2) is 37.2 Å². The largest absolute Gasteiger partial charge is 0.462 e. The Kier molecular flexibility index (Phi) is 40.8. The molecule has 0 aromatic carbocycles. The maximum absolute atomic E-state index is 12.7. The second-order valence-electron chi connectivity index (χ2n) is 17.7. The number of carbonyl (C=O) groups is 3. The van der Waals surface area contributed by atoms with Crippen LogP contribution in [0.25, 0.3) is 0 Å². The fourth-order valence-electron chi connectivity index (χ4n) is 7.28. The second kappa shape index (κ2) is 42.0. The Morgan fingerprint density at radius 3 is 0.891 bits per heavy atom. The van der Waals surface area contributed by atoms with E-state index < -0.39 is 6.10 Å². The van der Waals surface area contributed by atoms with E-state index in [0.29, 0.717) is 19.3 Å². The molecular weight excluding hydrogens is 685 g/mol. The van der Waals surface area contributed by atoms with Gasteiger partial charge in [0.05, 0.1) is 0 Å². The first-order chi connectivity index (χ1) is 26.7. The van der Waals surface area contributed by atoms with E-state index in [9.17, 15) is 14.4 Å². The van der Waals surface area contributed by atoms with Gasteiger partial charge in [-0.15, -0.1) is 0 Å². The summed E-state index contributed by atoms with van der Waals surface area (Å²) in [6, 6.07) is 0. The molecule has 0 aliphatic heterocycles. The lowest BCUT2D eigenvalue weighted by atomic mass is 10.0. The minimum Gasteiger partial charge on any atom is -0.462 e. The van der Waals surface area contributed by atoms with Crippen molar-refractivity contribution in [1.29, 1.82) is 0 Å². The van der Waals surface area contributed by atoms with Crippen LogP contribution in [-0.2, 0) is 28.6 Å². The molecule has 0 heterocycles. The summed E-state index contributed by atoms with van der Waals surface area (Å²) in [4.78, 5) is 37.8. The molecule has 0 radical (unpaired) electrons. The number of hydrogen-bond donors (Lipinski definition) is 0. The van der Waals surface area contributed by atoms with E-state index in [1.54, 1.807) is 0 Å². The highest BCUT2D eigenvalue weighted by Gasteiger charge is 2.19. The summed E-state index contributed by atoms with van der Waals surface area (Å²) in [6.07, 6.45) is 41.0. The fourth-order valence-corrected chi connectivity index (χ4v) is 7.28. The van der Waals surface area contributed by atoms with Crippen molar-refractivity contribution in [2.75, 3.05) is 13.2 Å². The third-order valence-corrected chi connectivity index (χ3v) is 11.0. The van der Waals surface area contributed by atoms with Crippen molar-refractivity contribution in [1.82, 2.24) is 0 Å². The monoisotopic (exact) mass is 779 g/mol. The molecule has 0 fully saturated rings. The van der Waals surface area contributed by atoms with Gasteiger partial charge < -0.3 is 14.2 Å². The minimum absolute atomic E-state index is 0.0649. The van der Waals surface area contributed by atoms with Gasteiger partial charge in [0.1, 0.15) is 13.2 Å². The zero-order chi connectivity index (χ0) is 40.5. The SMILES string of the molecule is CCCCCCCCCCCCCCCCC(=O)OC[C@@H](COC(=O)CCCCCCCCC(C)C)OC(=O)CCCCCCCCCCCCCC(C)C. The molecule has 55 heavy (non-hydrogen) atoms. The highest BCUT2D eigenvalue weighted by molar-refractivity contribution is 5.71. The summed E-state index contributed by atoms with van der Waals surface area (Å²) in [7, 11) is 0. The van der Waals surface area contributed by atoms with Crippen LogP contribution in [0.4, 0.5) is 0 Å². The summed E-state index contributed by atoms with van der Waals surface area (Å²) >= 11 is 0. The highest BCUT2D eigenvalue weighted by Crippen LogP contribution is 2.17. The van der Waals surface area contributed by atoms with E-state index in [0.717, 1.165) is 69.6 Å². The van der Waals surface area contributed by atoms with Crippen LogP contribution >= 0.6 is 0 Å². The molecular formula is C49H94O6. The zero-order valence-electron chi connectivity index (χ0n) is 37.6. The number of carbonyl (C=O) groups excluding carboxylic acids is 3. The average molecular weight is 779 g/mol. The summed E-state index contributed by atoms with van der Waals surface area (Å²) in [5, 5.41) is 0. The van der Waals surface area contributed by atoms with E-state index in [1.165, 1.54) is 154 Å². The topological polar surface area (TPSA) is 78.9 Å². The lowest BCUT2D eigenvalue weighted by Gasteiger charge is -2.18. The van der Waals surface area contributed by atoms with Crippen molar-refractivity contribution in [3.63, 3.8) is 0 Å². The molecule has 0 bridgehead atoms. The Morgan fingerprint density at radius 1 is 0.345 bits per heavy atom. The molecule has 0 N–H and O–H groups in total. The zero-order valence-corrected chi connectivity index (χ0v) is 37.6. The van der Waals surface area contributed by atoms with Gasteiger partial charge in [0.25, 0.3) is 0 Å². The predicted molar refractivity (Wildman–Crippen MR) is 233 cm³/mol. The van der Waals surface area contributed by atoms with Crippen LogP contribution in [0.3, 0.4) is 0 Å². The molecule has 6 nitrogen and oxygen atoms in total. The number of unbranched alkanes of at least 4 members (excludes halogenated alkanes) is 28. The molecule has 0 rings (SSSR count). The van der Waals surface area contributed by atoms with E-state index in [1.807, 2.05) is 0 Å². The van der Waals surface area contributed by atoms with Crippen molar-refractivity contribution in [2.45, 2.75) is 272 Å². The first kappa shape index (κ1) is 53.4. The molecule has 0 saturated carbocycles. The Bertz CT molecular complexity index is 839. The molecule has 0 spiro atoms. The van der Waals surface area contributed by atoms with Crippen LogP contribution in [0, 0.1) is 11.8 Å². The van der Waals surface area contributed by atoms with Gasteiger partial charge in [0, 0.05) is 19.3 Å². The van der Waals surface area contributed by atoms with Gasteiger partial charge in [0.15, 0.2) is 6.10 Å². The maximum atomic E-state index is 12.7. The standard InChI is InChI=1S/C49H94O6/c1-6-7-8-9-10-11-12-13-14-17-20-23-29-34-39-47(50)53-42-46(43-54-48(51)40-35-30-26-25-28-33-38-45(4)5)55-49(52)41-36-31-24-21-18-15-16-19-22-27-32-37-44(2)3/h44-46H,6-43H2,1-5H3/t46-/m0/s1. The minimum atomic E-state index is -0.761. The van der Waals surface area contributed by atoms with E-state index in [4.69, 9.17) is 14.2 Å². The van der Waals surface area contributed by atoms with Crippen LogP contribution in [0.1, 0.15) is 266 Å². The summed E-state index contributed by atoms with van der Waals surface area (Å²) in [5.74, 6) is 0.731. The van der Waals surface area contributed by atoms with Crippen molar-refractivity contribution in [3.8, 4) is 0 Å². The van der Waals surface area contributed by atoms with E-state index in [2.05, 4.69) is 34.6 Å². The number of ether oxygens (including phenoxy) is 3. The lowest BCUT2D eigenvalue weighted by Crippen LogP contribution is -2.30. The van der Waals surface area contributed by atoms with Crippen LogP contribution < -0.4 is 0 Å². The molecule has 0 saturated heterocycles. The molecule has 1 atom stereocenters. The highest BCUT2D eigenvalue weighted by atomic mass is 16.6. The van der Waals surface area contributed by atoms with Gasteiger partial charge >= 0.3 is 17.9 Å². The van der Waals surface area contributed by atoms with Gasteiger partial charge in [-0.05, 0) is 31.1 Å². The van der Waals surface area contributed by atoms with Crippen LogP contribution in [0.2, 0.25) is 0 Å². The van der Waals surface area contributed by atoms with Crippen molar-refractivity contribution >= 4 is 17.9 Å². The Labute approximate surface area is 342 Å². The summed E-state index contributed by atoms with van der Waals surface area (Å²) in [5.41, 5.74) is 0. The third-order valence-electron chi connectivity index (χ3n) is 11.0. The second-order valence-corrected chi connectivity index (χ2v) is 17.7. The van der Waals surface area contributed by atoms with Gasteiger partial charge in [0.2, 0.25) is 0 Å². The van der Waals surface area contributed by atoms with E-state index >= 15 is 0 Å². The molecule has 0 aliphatic rings. The normalized spacial score (nSPS) is 12.1. The van der Waals surface area contributed by atoms with Gasteiger partial charge in [-0.3, -0.25) is 14.4 Å². The number of esters is 3. The van der Waals surface area contributed by atoms with Crippen molar-refractivity contribution in [3.05, 3.63) is 0 Å². The first-order valence-corrected chi connectivity index (χ1v) is 24.2. The quantitative estimate of drug-likeness (QED) is 0.0348. The molecule has 0 unspecified atom stereocenters. The Morgan fingerprint density at radius 2 is 0.600 bits per heavy atom. The average Bonchev–Trinajstić information content (AvgIpc) is 3.15. The Hall–Kier alpha value is -1.59. The fraction of sp³-hybridized carbons (Fsp3) is 0.939. The van der Waals surface area contributed by atoms with Gasteiger partial charge in [-0.2, -0.15) is 0 Å². The molecule has 0 aliphatic carbocycles. The van der Waals surface area contributed by atoms with Crippen LogP contribution in [0.15, 0.2) is 0 Å².